The first-order chi connectivity index (χ1) is 13.2. The fourth-order valence-electron chi connectivity index (χ4n) is 2.93. The number of para-hydroxylation sites is 1. The lowest BCUT2D eigenvalue weighted by atomic mass is 10.2. The molecule has 1 aromatic rings. The van der Waals surface area contributed by atoms with Gasteiger partial charge >= 0.3 is 0 Å². The quantitative estimate of drug-likeness (QED) is 0.350. The molecule has 27 heavy (non-hydrogen) atoms. The number of nitrogens with zero attached hydrogens (tertiary/aromatic N) is 2. The molecule has 0 bridgehead atoms. The van der Waals surface area contributed by atoms with Gasteiger partial charge < -0.3 is 25.0 Å². The standard InChI is InChI=1S/C20H32N4O3/c1-3-21-20(22-11-7-8-12-27-14-13-26-2)23-17-15-19(25)24(16-17)18-9-5-4-6-10-18/h4-6,9-10,17H,3,7-8,11-16H2,1-2H3,(H2,21,22,23). The zero-order chi connectivity index (χ0) is 19.3. The van der Waals surface area contributed by atoms with Crippen molar-refractivity contribution in [1.29, 1.82) is 0 Å². The molecular formula is C20H32N4O3. The number of methoxy groups -OCH3 is 1. The van der Waals surface area contributed by atoms with Crippen molar-refractivity contribution in [2.75, 3.05) is 51.5 Å². The number of carbonyl (C=O) groups is 1. The van der Waals surface area contributed by atoms with Crippen LogP contribution in [-0.4, -0.2) is 64.5 Å². The van der Waals surface area contributed by atoms with E-state index < -0.39 is 0 Å². The van der Waals surface area contributed by atoms with E-state index in [0.717, 1.165) is 44.2 Å². The van der Waals surface area contributed by atoms with Crippen molar-refractivity contribution in [3.63, 3.8) is 0 Å². The fraction of sp³-hybridized carbons (Fsp3) is 0.600. The molecule has 1 aliphatic heterocycles. The van der Waals surface area contributed by atoms with Crippen LogP contribution in [0.15, 0.2) is 35.3 Å². The second-order valence-electron chi connectivity index (χ2n) is 6.46. The summed E-state index contributed by atoms with van der Waals surface area (Å²) in [7, 11) is 1.67. The minimum atomic E-state index is 0.0629. The van der Waals surface area contributed by atoms with Crippen molar-refractivity contribution >= 4 is 17.6 Å². The number of guanidine groups is 1. The van der Waals surface area contributed by atoms with Crippen LogP contribution < -0.4 is 15.5 Å². The smallest absolute Gasteiger partial charge is 0.229 e. The number of benzene rings is 1. The Morgan fingerprint density at radius 3 is 2.78 bits per heavy atom. The maximum absolute atomic E-state index is 12.3. The third-order valence-corrected chi connectivity index (χ3v) is 4.28. The Bertz CT molecular complexity index is 580. The molecule has 0 saturated carbocycles. The number of unbranched alkanes of at least 4 members (excludes halogenated alkanes) is 1. The molecule has 150 valence electrons. The number of ether oxygens (including phenoxy) is 2. The Hall–Kier alpha value is -2.12. The van der Waals surface area contributed by atoms with Gasteiger partial charge in [0, 0.05) is 45.5 Å². The Labute approximate surface area is 162 Å². The van der Waals surface area contributed by atoms with Gasteiger partial charge in [-0.1, -0.05) is 18.2 Å². The first-order valence-corrected chi connectivity index (χ1v) is 9.71. The van der Waals surface area contributed by atoms with Crippen molar-refractivity contribution in [1.82, 2.24) is 10.6 Å². The second-order valence-corrected chi connectivity index (χ2v) is 6.46. The van der Waals surface area contributed by atoms with E-state index in [4.69, 9.17) is 9.47 Å². The molecule has 7 nitrogen and oxygen atoms in total. The predicted octanol–water partition coefficient (Wildman–Crippen LogP) is 1.79. The monoisotopic (exact) mass is 376 g/mol. The number of hydrogen-bond acceptors (Lipinski definition) is 4. The number of rotatable bonds is 11. The Morgan fingerprint density at radius 1 is 1.22 bits per heavy atom. The van der Waals surface area contributed by atoms with Crippen LogP contribution in [-0.2, 0) is 14.3 Å². The Morgan fingerprint density at radius 2 is 2.04 bits per heavy atom. The molecule has 1 unspecified atom stereocenters. The molecule has 1 atom stereocenters. The summed E-state index contributed by atoms with van der Waals surface area (Å²) in [6.45, 7) is 6.20. The molecule has 1 fully saturated rings. The highest BCUT2D eigenvalue weighted by Gasteiger charge is 2.30. The Balaban J connectivity index is 1.75. The van der Waals surface area contributed by atoms with Gasteiger partial charge in [-0.25, -0.2) is 0 Å². The van der Waals surface area contributed by atoms with Crippen LogP contribution >= 0.6 is 0 Å². The van der Waals surface area contributed by atoms with E-state index in [1.165, 1.54) is 0 Å². The largest absolute Gasteiger partial charge is 0.382 e. The van der Waals surface area contributed by atoms with E-state index in [1.807, 2.05) is 42.2 Å². The van der Waals surface area contributed by atoms with Crippen LogP contribution in [0, 0.1) is 0 Å². The lowest BCUT2D eigenvalue weighted by Crippen LogP contribution is -2.44. The van der Waals surface area contributed by atoms with Gasteiger partial charge in [0.05, 0.1) is 19.3 Å². The summed E-state index contributed by atoms with van der Waals surface area (Å²) in [5.74, 6) is 0.910. The highest BCUT2D eigenvalue weighted by molar-refractivity contribution is 5.97. The molecule has 0 radical (unpaired) electrons. The number of carbonyl (C=O) groups excluding carboxylic acids is 1. The van der Waals surface area contributed by atoms with Crippen LogP contribution in [0.3, 0.4) is 0 Å². The molecule has 0 aromatic heterocycles. The van der Waals surface area contributed by atoms with Gasteiger partial charge in [0.15, 0.2) is 5.96 Å². The molecular weight excluding hydrogens is 344 g/mol. The third kappa shape index (κ3) is 7.56. The van der Waals surface area contributed by atoms with Crippen LogP contribution in [0.1, 0.15) is 26.2 Å². The minimum Gasteiger partial charge on any atom is -0.382 e. The van der Waals surface area contributed by atoms with Gasteiger partial charge in [-0.2, -0.15) is 0 Å². The zero-order valence-electron chi connectivity index (χ0n) is 16.4. The molecule has 7 heteroatoms. The molecule has 0 aliphatic carbocycles. The highest BCUT2D eigenvalue weighted by atomic mass is 16.5. The SMILES string of the molecule is CCNC(=NCCCCOCCOC)NC1CC(=O)N(c2ccccc2)C1. The number of hydrogen-bond donors (Lipinski definition) is 2. The average molecular weight is 377 g/mol. The van der Waals surface area contributed by atoms with Crippen molar-refractivity contribution in [2.45, 2.75) is 32.2 Å². The molecule has 1 saturated heterocycles. The normalized spacial score (nSPS) is 17.4. The number of amides is 1. The van der Waals surface area contributed by atoms with Crippen LogP contribution in [0.25, 0.3) is 0 Å². The molecule has 2 rings (SSSR count). The van der Waals surface area contributed by atoms with E-state index in [0.29, 0.717) is 26.2 Å². The number of aliphatic imine (C=N–C) groups is 1. The lowest BCUT2D eigenvalue weighted by Gasteiger charge is -2.19. The minimum absolute atomic E-state index is 0.0629. The van der Waals surface area contributed by atoms with E-state index in [2.05, 4.69) is 15.6 Å². The summed E-state index contributed by atoms with van der Waals surface area (Å²) in [5.41, 5.74) is 0.946. The number of nitrogens with one attached hydrogen (secondary N) is 2. The summed E-state index contributed by atoms with van der Waals surface area (Å²) >= 11 is 0. The van der Waals surface area contributed by atoms with Gasteiger partial charge in [-0.05, 0) is 31.9 Å². The van der Waals surface area contributed by atoms with Crippen LogP contribution in [0.4, 0.5) is 5.69 Å². The first-order valence-electron chi connectivity index (χ1n) is 9.71. The van der Waals surface area contributed by atoms with Crippen molar-refractivity contribution in [3.05, 3.63) is 30.3 Å². The van der Waals surface area contributed by atoms with Gasteiger partial charge in [0.1, 0.15) is 0 Å². The van der Waals surface area contributed by atoms with Crippen molar-refractivity contribution in [3.8, 4) is 0 Å². The van der Waals surface area contributed by atoms with Crippen LogP contribution in [0.2, 0.25) is 0 Å². The molecule has 1 amide bonds. The Kier molecular flexibility index (Phi) is 9.65. The fourth-order valence-corrected chi connectivity index (χ4v) is 2.93. The van der Waals surface area contributed by atoms with Crippen molar-refractivity contribution < 1.29 is 14.3 Å². The predicted molar refractivity (Wildman–Crippen MR) is 108 cm³/mol. The third-order valence-electron chi connectivity index (χ3n) is 4.28. The molecule has 1 aromatic carbocycles. The van der Waals surface area contributed by atoms with Crippen molar-refractivity contribution in [2.24, 2.45) is 4.99 Å². The maximum Gasteiger partial charge on any atom is 0.229 e. The van der Waals surface area contributed by atoms with Gasteiger partial charge in [0.2, 0.25) is 5.91 Å². The second kappa shape index (κ2) is 12.3. The van der Waals surface area contributed by atoms with E-state index >= 15 is 0 Å². The summed E-state index contributed by atoms with van der Waals surface area (Å²) < 4.78 is 10.4. The summed E-state index contributed by atoms with van der Waals surface area (Å²) in [6.07, 6.45) is 2.41. The zero-order valence-corrected chi connectivity index (χ0v) is 16.4. The summed E-state index contributed by atoms with van der Waals surface area (Å²) in [6, 6.07) is 9.86. The number of anilines is 1. The molecule has 2 N–H and O–H groups in total. The van der Waals surface area contributed by atoms with Gasteiger partial charge in [-0.3, -0.25) is 9.79 Å². The van der Waals surface area contributed by atoms with E-state index in [9.17, 15) is 4.79 Å². The summed E-state index contributed by atoms with van der Waals surface area (Å²) in [4.78, 5) is 18.8. The highest BCUT2D eigenvalue weighted by Crippen LogP contribution is 2.20. The molecule has 0 spiro atoms. The van der Waals surface area contributed by atoms with Crippen LogP contribution in [0.5, 0.6) is 0 Å². The first kappa shape index (κ1) is 21.2. The molecule has 1 aliphatic rings. The summed E-state index contributed by atoms with van der Waals surface area (Å²) in [5, 5.41) is 6.65. The van der Waals surface area contributed by atoms with Gasteiger partial charge in [-0.15, -0.1) is 0 Å². The van der Waals surface area contributed by atoms with E-state index in [1.54, 1.807) is 7.11 Å². The average Bonchev–Trinajstić information content (AvgIpc) is 3.05. The van der Waals surface area contributed by atoms with E-state index in [-0.39, 0.29) is 11.9 Å². The van der Waals surface area contributed by atoms with Gasteiger partial charge in [0.25, 0.3) is 0 Å². The molecule has 1 heterocycles. The lowest BCUT2D eigenvalue weighted by molar-refractivity contribution is -0.117. The topological polar surface area (TPSA) is 75.2 Å². The maximum atomic E-state index is 12.3.